The zero-order chi connectivity index (χ0) is 13.7. The van der Waals surface area contributed by atoms with E-state index in [4.69, 9.17) is 4.74 Å². The van der Waals surface area contributed by atoms with E-state index in [1.165, 1.54) is 0 Å². The molecule has 2 rings (SSSR count). The van der Waals surface area contributed by atoms with Gasteiger partial charge in [0.15, 0.2) is 0 Å². The molecule has 2 N–H and O–H groups in total. The van der Waals surface area contributed by atoms with E-state index < -0.39 is 0 Å². The number of hydrogen-bond acceptors (Lipinski definition) is 3. The Hall–Kier alpha value is -1.07. The third kappa shape index (κ3) is 4.21. The number of ether oxygens (including phenoxy) is 1. The average Bonchev–Trinajstić information content (AvgIpc) is 2.89. The van der Waals surface area contributed by atoms with E-state index in [-0.39, 0.29) is 5.91 Å². The summed E-state index contributed by atoms with van der Waals surface area (Å²) in [6.07, 6.45) is 2.30. The van der Waals surface area contributed by atoms with Gasteiger partial charge in [-0.05, 0) is 53.0 Å². The number of carbonyl (C=O) groups is 1. The predicted octanol–water partition coefficient (Wildman–Crippen LogP) is 1.87. The smallest absolute Gasteiger partial charge is 0.220 e. The molecule has 1 fully saturated rings. The first-order valence-corrected chi connectivity index (χ1v) is 7.31. The molecule has 19 heavy (non-hydrogen) atoms. The minimum Gasteiger partial charge on any atom is -0.496 e. The lowest BCUT2D eigenvalue weighted by Crippen LogP contribution is -2.36. The molecule has 1 aliphatic rings. The molecule has 0 saturated carbocycles. The van der Waals surface area contributed by atoms with E-state index in [0.717, 1.165) is 41.7 Å². The molecule has 1 aromatic rings. The van der Waals surface area contributed by atoms with Crippen LogP contribution in [-0.4, -0.2) is 32.1 Å². The summed E-state index contributed by atoms with van der Waals surface area (Å²) in [7, 11) is 1.64. The molecule has 0 spiro atoms. The SMILES string of the molecule is COc1ccc(CCC(=O)NC2CCNC2)cc1Br. The van der Waals surface area contributed by atoms with Gasteiger partial charge in [-0.15, -0.1) is 0 Å². The highest BCUT2D eigenvalue weighted by Crippen LogP contribution is 2.25. The first-order chi connectivity index (χ1) is 9.19. The maximum absolute atomic E-state index is 11.8. The van der Waals surface area contributed by atoms with Crippen LogP contribution in [0.3, 0.4) is 0 Å². The lowest BCUT2D eigenvalue weighted by Gasteiger charge is -2.11. The topological polar surface area (TPSA) is 50.4 Å². The predicted molar refractivity (Wildman–Crippen MR) is 78.4 cm³/mol. The minimum absolute atomic E-state index is 0.126. The van der Waals surface area contributed by atoms with Crippen molar-refractivity contribution in [3.8, 4) is 5.75 Å². The van der Waals surface area contributed by atoms with E-state index in [1.54, 1.807) is 7.11 Å². The molecule has 1 aromatic carbocycles. The second kappa shape index (κ2) is 6.91. The lowest BCUT2D eigenvalue weighted by atomic mass is 10.1. The second-order valence-electron chi connectivity index (χ2n) is 4.73. The fourth-order valence-electron chi connectivity index (χ4n) is 2.20. The van der Waals surface area contributed by atoms with Gasteiger partial charge in [0.1, 0.15) is 5.75 Å². The Bertz CT molecular complexity index is 445. The highest BCUT2D eigenvalue weighted by molar-refractivity contribution is 9.10. The van der Waals surface area contributed by atoms with Crippen LogP contribution in [0.2, 0.25) is 0 Å². The first kappa shape index (κ1) is 14.3. The van der Waals surface area contributed by atoms with Gasteiger partial charge in [0.2, 0.25) is 5.91 Å². The number of halogens is 1. The van der Waals surface area contributed by atoms with Crippen LogP contribution >= 0.6 is 15.9 Å². The summed E-state index contributed by atoms with van der Waals surface area (Å²) in [5, 5.41) is 6.29. The number of methoxy groups -OCH3 is 1. The van der Waals surface area contributed by atoms with Crippen molar-refractivity contribution >= 4 is 21.8 Å². The molecule has 1 amide bonds. The number of nitrogens with one attached hydrogen (secondary N) is 2. The molecule has 1 unspecified atom stereocenters. The van der Waals surface area contributed by atoms with Gasteiger partial charge >= 0.3 is 0 Å². The van der Waals surface area contributed by atoms with Crippen LogP contribution in [-0.2, 0) is 11.2 Å². The summed E-state index contributed by atoms with van der Waals surface area (Å²) in [5.41, 5.74) is 1.13. The molecule has 1 atom stereocenters. The van der Waals surface area contributed by atoms with Crippen LogP contribution in [0.4, 0.5) is 0 Å². The van der Waals surface area contributed by atoms with E-state index in [9.17, 15) is 4.79 Å². The Morgan fingerprint density at radius 2 is 2.42 bits per heavy atom. The van der Waals surface area contributed by atoms with Crippen molar-refractivity contribution in [3.05, 3.63) is 28.2 Å². The summed E-state index contributed by atoms with van der Waals surface area (Å²) >= 11 is 3.45. The quantitative estimate of drug-likeness (QED) is 0.868. The Kier molecular flexibility index (Phi) is 5.22. The van der Waals surface area contributed by atoms with Crippen LogP contribution in [0.25, 0.3) is 0 Å². The van der Waals surface area contributed by atoms with E-state index >= 15 is 0 Å². The summed E-state index contributed by atoms with van der Waals surface area (Å²) in [5.74, 6) is 0.936. The molecule has 0 bridgehead atoms. The molecule has 1 heterocycles. The number of rotatable bonds is 5. The van der Waals surface area contributed by atoms with Gasteiger partial charge in [-0.3, -0.25) is 4.79 Å². The van der Waals surface area contributed by atoms with Crippen LogP contribution in [0.1, 0.15) is 18.4 Å². The van der Waals surface area contributed by atoms with Gasteiger partial charge in [0, 0.05) is 19.0 Å². The standard InChI is InChI=1S/C14H19BrN2O2/c1-19-13-4-2-10(8-12(13)15)3-5-14(18)17-11-6-7-16-9-11/h2,4,8,11,16H,3,5-7,9H2,1H3,(H,17,18). The van der Waals surface area contributed by atoms with Crippen molar-refractivity contribution < 1.29 is 9.53 Å². The third-order valence-corrected chi connectivity index (χ3v) is 3.90. The normalized spacial score (nSPS) is 18.3. The number of hydrogen-bond donors (Lipinski definition) is 2. The molecule has 1 saturated heterocycles. The zero-order valence-corrected chi connectivity index (χ0v) is 12.6. The third-order valence-electron chi connectivity index (χ3n) is 3.28. The molecule has 104 valence electrons. The van der Waals surface area contributed by atoms with Crippen molar-refractivity contribution in [2.24, 2.45) is 0 Å². The van der Waals surface area contributed by atoms with Crippen LogP contribution in [0.5, 0.6) is 5.75 Å². The lowest BCUT2D eigenvalue weighted by molar-refractivity contribution is -0.121. The van der Waals surface area contributed by atoms with Gasteiger partial charge in [-0.1, -0.05) is 6.07 Å². The Labute approximate surface area is 122 Å². The van der Waals surface area contributed by atoms with Crippen molar-refractivity contribution in [2.45, 2.75) is 25.3 Å². The highest BCUT2D eigenvalue weighted by Gasteiger charge is 2.16. The second-order valence-corrected chi connectivity index (χ2v) is 5.58. The Morgan fingerprint density at radius 1 is 1.58 bits per heavy atom. The molecule has 0 radical (unpaired) electrons. The van der Waals surface area contributed by atoms with E-state index in [2.05, 4.69) is 26.6 Å². The van der Waals surface area contributed by atoms with Gasteiger partial charge in [-0.25, -0.2) is 0 Å². The summed E-state index contributed by atoms with van der Waals surface area (Å²) in [6, 6.07) is 6.21. The molecular formula is C14H19BrN2O2. The molecule has 0 aliphatic carbocycles. The first-order valence-electron chi connectivity index (χ1n) is 6.51. The van der Waals surface area contributed by atoms with Crippen LogP contribution < -0.4 is 15.4 Å². The Morgan fingerprint density at radius 3 is 3.05 bits per heavy atom. The summed E-state index contributed by atoms with van der Waals surface area (Å²) in [4.78, 5) is 11.8. The largest absolute Gasteiger partial charge is 0.496 e. The van der Waals surface area contributed by atoms with Crippen LogP contribution in [0, 0.1) is 0 Å². The minimum atomic E-state index is 0.126. The van der Waals surface area contributed by atoms with Gasteiger partial charge in [0.25, 0.3) is 0 Å². The average molecular weight is 327 g/mol. The molecule has 4 nitrogen and oxygen atoms in total. The fourth-order valence-corrected chi connectivity index (χ4v) is 2.79. The maximum Gasteiger partial charge on any atom is 0.220 e. The fraction of sp³-hybridized carbons (Fsp3) is 0.500. The molecule has 0 aromatic heterocycles. The summed E-state index contributed by atoms with van der Waals surface area (Å²) in [6.45, 7) is 1.89. The van der Waals surface area contributed by atoms with Crippen LogP contribution in [0.15, 0.2) is 22.7 Å². The molecule has 5 heteroatoms. The number of amides is 1. The number of carbonyl (C=O) groups excluding carboxylic acids is 1. The van der Waals surface area contributed by atoms with Crippen molar-refractivity contribution in [1.82, 2.24) is 10.6 Å². The van der Waals surface area contributed by atoms with Crippen molar-refractivity contribution in [3.63, 3.8) is 0 Å². The van der Waals surface area contributed by atoms with Gasteiger partial charge < -0.3 is 15.4 Å². The van der Waals surface area contributed by atoms with E-state index in [1.807, 2.05) is 18.2 Å². The van der Waals surface area contributed by atoms with Crippen molar-refractivity contribution in [1.29, 1.82) is 0 Å². The molecular weight excluding hydrogens is 308 g/mol. The van der Waals surface area contributed by atoms with Gasteiger partial charge in [0.05, 0.1) is 11.6 Å². The monoisotopic (exact) mass is 326 g/mol. The number of aryl methyl sites for hydroxylation is 1. The highest BCUT2D eigenvalue weighted by atomic mass is 79.9. The molecule has 1 aliphatic heterocycles. The van der Waals surface area contributed by atoms with Crippen molar-refractivity contribution in [2.75, 3.05) is 20.2 Å². The number of benzene rings is 1. The van der Waals surface area contributed by atoms with Gasteiger partial charge in [-0.2, -0.15) is 0 Å². The summed E-state index contributed by atoms with van der Waals surface area (Å²) < 4.78 is 6.11. The maximum atomic E-state index is 11.8. The Balaban J connectivity index is 1.81. The van der Waals surface area contributed by atoms with E-state index in [0.29, 0.717) is 12.5 Å². The zero-order valence-electron chi connectivity index (χ0n) is 11.0.